The first kappa shape index (κ1) is 11.1. The van der Waals surface area contributed by atoms with Crippen LogP contribution in [-0.2, 0) is 0 Å². The van der Waals surface area contributed by atoms with E-state index in [4.69, 9.17) is 21.9 Å². The Labute approximate surface area is 98.8 Å². The highest BCUT2D eigenvalue weighted by molar-refractivity contribution is 6.30. The topological polar surface area (TPSA) is 58.0 Å². The summed E-state index contributed by atoms with van der Waals surface area (Å²) in [6, 6.07) is 5.18. The molecule has 0 N–H and O–H groups in total. The van der Waals surface area contributed by atoms with Gasteiger partial charge in [0.2, 0.25) is 0 Å². The Balaban J connectivity index is 2.51. The largest absolute Gasteiger partial charge is 0.488 e. The molecular formula is C11H12ClN3O. The van der Waals surface area contributed by atoms with Gasteiger partial charge in [0.05, 0.1) is 6.04 Å². The summed E-state index contributed by atoms with van der Waals surface area (Å²) in [5.41, 5.74) is 9.11. The predicted octanol–water partition coefficient (Wildman–Crippen LogP) is 4.25. The molecule has 0 spiro atoms. The molecule has 2 rings (SSSR count). The van der Waals surface area contributed by atoms with E-state index in [1.807, 2.05) is 19.9 Å². The van der Waals surface area contributed by atoms with Gasteiger partial charge in [-0.25, -0.2) is 0 Å². The van der Waals surface area contributed by atoms with E-state index in [0.717, 1.165) is 11.3 Å². The van der Waals surface area contributed by atoms with Crippen molar-refractivity contribution >= 4 is 11.6 Å². The lowest BCUT2D eigenvalue weighted by molar-refractivity contribution is 0.0729. The summed E-state index contributed by atoms with van der Waals surface area (Å²) in [4.78, 5) is 2.88. The maximum absolute atomic E-state index is 8.57. The van der Waals surface area contributed by atoms with Crippen LogP contribution in [0.3, 0.4) is 0 Å². The lowest BCUT2D eigenvalue weighted by atomic mass is 9.90. The molecule has 4 nitrogen and oxygen atoms in total. The predicted molar refractivity (Wildman–Crippen MR) is 62.7 cm³/mol. The summed E-state index contributed by atoms with van der Waals surface area (Å²) in [6.45, 7) is 3.95. The first-order chi connectivity index (χ1) is 7.52. The number of hydrogen-bond donors (Lipinski definition) is 0. The number of ether oxygens (including phenoxy) is 1. The Morgan fingerprint density at radius 3 is 3.00 bits per heavy atom. The zero-order valence-electron chi connectivity index (χ0n) is 9.14. The Bertz CT molecular complexity index is 466. The van der Waals surface area contributed by atoms with Gasteiger partial charge in [0, 0.05) is 15.5 Å². The molecule has 1 unspecified atom stereocenters. The zero-order valence-corrected chi connectivity index (χ0v) is 9.90. The molecule has 0 aliphatic carbocycles. The molecule has 0 fully saturated rings. The maximum Gasteiger partial charge on any atom is 0.123 e. The summed E-state index contributed by atoms with van der Waals surface area (Å²) in [6.07, 6.45) is 0.657. The number of hydrogen-bond acceptors (Lipinski definition) is 2. The molecule has 84 valence electrons. The van der Waals surface area contributed by atoms with Crippen LogP contribution in [0.1, 0.15) is 31.9 Å². The fourth-order valence-electron chi connectivity index (χ4n) is 1.95. The molecular weight excluding hydrogens is 226 g/mol. The summed E-state index contributed by atoms with van der Waals surface area (Å²) < 4.78 is 5.81. The third-order valence-corrected chi connectivity index (χ3v) is 2.83. The molecule has 0 saturated heterocycles. The van der Waals surface area contributed by atoms with E-state index in [1.165, 1.54) is 0 Å². The smallest absolute Gasteiger partial charge is 0.123 e. The molecule has 0 saturated carbocycles. The van der Waals surface area contributed by atoms with Gasteiger partial charge in [-0.2, -0.15) is 0 Å². The number of benzene rings is 1. The van der Waals surface area contributed by atoms with E-state index in [9.17, 15) is 0 Å². The molecule has 0 bridgehead atoms. The van der Waals surface area contributed by atoms with Crippen LogP contribution in [-0.4, -0.2) is 5.60 Å². The molecule has 0 amide bonds. The number of rotatable bonds is 1. The number of nitrogens with zero attached hydrogens (tertiary/aromatic N) is 3. The molecule has 1 heterocycles. The van der Waals surface area contributed by atoms with E-state index in [0.29, 0.717) is 11.4 Å². The van der Waals surface area contributed by atoms with Gasteiger partial charge >= 0.3 is 0 Å². The van der Waals surface area contributed by atoms with Crippen LogP contribution in [0.15, 0.2) is 23.3 Å². The molecule has 1 aliphatic rings. The van der Waals surface area contributed by atoms with Crippen molar-refractivity contribution < 1.29 is 4.74 Å². The van der Waals surface area contributed by atoms with Crippen LogP contribution in [0.5, 0.6) is 5.75 Å². The monoisotopic (exact) mass is 237 g/mol. The van der Waals surface area contributed by atoms with Gasteiger partial charge in [-0.3, -0.25) is 0 Å². The average Bonchev–Trinajstić information content (AvgIpc) is 2.18. The van der Waals surface area contributed by atoms with Gasteiger partial charge in [-0.1, -0.05) is 16.7 Å². The van der Waals surface area contributed by atoms with E-state index in [1.54, 1.807) is 12.1 Å². The van der Waals surface area contributed by atoms with Crippen molar-refractivity contribution in [2.24, 2.45) is 5.11 Å². The third kappa shape index (κ3) is 2.08. The summed E-state index contributed by atoms with van der Waals surface area (Å²) >= 11 is 5.92. The van der Waals surface area contributed by atoms with Crippen molar-refractivity contribution in [2.45, 2.75) is 31.9 Å². The van der Waals surface area contributed by atoms with Gasteiger partial charge in [-0.05, 0) is 44.0 Å². The molecule has 0 radical (unpaired) electrons. The van der Waals surface area contributed by atoms with Crippen molar-refractivity contribution in [2.75, 3.05) is 0 Å². The SMILES string of the molecule is CC1(C)CC(N=[N+]=[N-])c2cc(Cl)ccc2O1. The van der Waals surface area contributed by atoms with Crippen LogP contribution in [0.25, 0.3) is 10.4 Å². The lowest BCUT2D eigenvalue weighted by Crippen LogP contribution is -2.34. The van der Waals surface area contributed by atoms with Crippen LogP contribution >= 0.6 is 11.6 Å². The molecule has 5 heteroatoms. The highest BCUT2D eigenvalue weighted by Gasteiger charge is 2.33. The molecule has 1 atom stereocenters. The average molecular weight is 238 g/mol. The van der Waals surface area contributed by atoms with Crippen LogP contribution in [0.4, 0.5) is 0 Å². The van der Waals surface area contributed by atoms with Crippen molar-refractivity contribution in [3.05, 3.63) is 39.2 Å². The fraction of sp³-hybridized carbons (Fsp3) is 0.455. The Kier molecular flexibility index (Phi) is 2.70. The van der Waals surface area contributed by atoms with Gasteiger partial charge in [-0.15, -0.1) is 0 Å². The van der Waals surface area contributed by atoms with E-state index in [2.05, 4.69) is 10.0 Å². The molecule has 16 heavy (non-hydrogen) atoms. The van der Waals surface area contributed by atoms with Gasteiger partial charge in [0.1, 0.15) is 11.4 Å². The van der Waals surface area contributed by atoms with Crippen LogP contribution in [0.2, 0.25) is 5.02 Å². The summed E-state index contributed by atoms with van der Waals surface area (Å²) in [5.74, 6) is 0.748. The highest BCUT2D eigenvalue weighted by atomic mass is 35.5. The quantitative estimate of drug-likeness (QED) is 0.409. The van der Waals surface area contributed by atoms with Crippen molar-refractivity contribution in [1.82, 2.24) is 0 Å². The van der Waals surface area contributed by atoms with E-state index in [-0.39, 0.29) is 11.6 Å². The molecule has 1 aliphatic heterocycles. The molecule has 0 aromatic heterocycles. The second-order valence-electron chi connectivity index (χ2n) is 4.47. The summed E-state index contributed by atoms with van der Waals surface area (Å²) in [7, 11) is 0. The number of halogens is 1. The van der Waals surface area contributed by atoms with E-state index >= 15 is 0 Å². The Hall–Kier alpha value is -1.38. The number of azide groups is 1. The number of fused-ring (bicyclic) bond motifs is 1. The van der Waals surface area contributed by atoms with Crippen molar-refractivity contribution in [1.29, 1.82) is 0 Å². The van der Waals surface area contributed by atoms with Gasteiger partial charge in [0.25, 0.3) is 0 Å². The van der Waals surface area contributed by atoms with Gasteiger partial charge in [0.15, 0.2) is 0 Å². The Morgan fingerprint density at radius 2 is 2.31 bits per heavy atom. The first-order valence-corrected chi connectivity index (χ1v) is 5.42. The second kappa shape index (κ2) is 3.89. The van der Waals surface area contributed by atoms with Gasteiger partial charge < -0.3 is 4.74 Å². The normalized spacial score (nSPS) is 21.6. The van der Waals surface area contributed by atoms with Crippen LogP contribution in [0, 0.1) is 0 Å². The zero-order chi connectivity index (χ0) is 11.8. The van der Waals surface area contributed by atoms with Crippen molar-refractivity contribution in [3.63, 3.8) is 0 Å². The first-order valence-electron chi connectivity index (χ1n) is 5.04. The summed E-state index contributed by atoms with van der Waals surface area (Å²) in [5, 5.41) is 4.43. The third-order valence-electron chi connectivity index (χ3n) is 2.59. The minimum absolute atomic E-state index is 0.206. The standard InChI is InChI=1S/C11H12ClN3O/c1-11(2)6-9(14-15-13)8-5-7(12)3-4-10(8)16-11/h3-5,9H,6H2,1-2H3. The Morgan fingerprint density at radius 1 is 1.56 bits per heavy atom. The van der Waals surface area contributed by atoms with Crippen molar-refractivity contribution in [3.8, 4) is 5.75 Å². The van der Waals surface area contributed by atoms with Crippen LogP contribution < -0.4 is 4.74 Å². The minimum atomic E-state index is -0.320. The molecule has 1 aromatic carbocycles. The maximum atomic E-state index is 8.57. The van der Waals surface area contributed by atoms with E-state index < -0.39 is 0 Å². The molecule has 1 aromatic rings. The lowest BCUT2D eigenvalue weighted by Gasteiger charge is -2.35. The highest BCUT2D eigenvalue weighted by Crippen LogP contribution is 2.42. The fourth-order valence-corrected chi connectivity index (χ4v) is 2.13. The second-order valence-corrected chi connectivity index (χ2v) is 4.91. The minimum Gasteiger partial charge on any atom is -0.488 e.